The molecular weight excluding hydrogens is 733 g/mol. The molecule has 0 fully saturated rings. The Labute approximate surface area is 365 Å². The largest absolute Gasteiger partial charge is 0.462 e. The van der Waals surface area contributed by atoms with Gasteiger partial charge in [-0.2, -0.15) is 0 Å². The molecular formula is C53H96O6. The van der Waals surface area contributed by atoms with Crippen LogP contribution in [0.25, 0.3) is 0 Å². The molecule has 0 aliphatic rings. The van der Waals surface area contributed by atoms with Crippen LogP contribution in [-0.4, -0.2) is 37.2 Å². The van der Waals surface area contributed by atoms with Crippen molar-refractivity contribution in [2.24, 2.45) is 0 Å². The Kier molecular flexibility index (Phi) is 46.4. The Hall–Kier alpha value is -2.37. The van der Waals surface area contributed by atoms with Crippen LogP contribution < -0.4 is 0 Å². The molecule has 0 rings (SSSR count). The summed E-state index contributed by atoms with van der Waals surface area (Å²) in [5, 5.41) is 0. The zero-order chi connectivity index (χ0) is 43.0. The van der Waals surface area contributed by atoms with Crippen LogP contribution in [0, 0.1) is 0 Å². The van der Waals surface area contributed by atoms with Gasteiger partial charge >= 0.3 is 17.9 Å². The summed E-state index contributed by atoms with van der Waals surface area (Å²) in [5.41, 5.74) is 0. The van der Waals surface area contributed by atoms with Crippen LogP contribution in [0.1, 0.15) is 265 Å². The van der Waals surface area contributed by atoms with Gasteiger partial charge in [0.05, 0.1) is 0 Å². The van der Waals surface area contributed by atoms with Crippen molar-refractivity contribution >= 4 is 17.9 Å². The summed E-state index contributed by atoms with van der Waals surface area (Å²) in [6.45, 7) is 6.59. The predicted molar refractivity (Wildman–Crippen MR) is 252 cm³/mol. The number of allylic oxidation sites excluding steroid dienone is 6. The smallest absolute Gasteiger partial charge is 0.306 e. The van der Waals surface area contributed by atoms with Gasteiger partial charge in [0.1, 0.15) is 13.2 Å². The highest BCUT2D eigenvalue weighted by Crippen LogP contribution is 2.15. The first kappa shape index (κ1) is 56.6. The van der Waals surface area contributed by atoms with Crippen molar-refractivity contribution < 1.29 is 28.6 Å². The van der Waals surface area contributed by atoms with Crippen LogP contribution in [-0.2, 0) is 28.6 Å². The fourth-order valence-corrected chi connectivity index (χ4v) is 7.25. The van der Waals surface area contributed by atoms with E-state index < -0.39 is 6.10 Å². The quantitative estimate of drug-likeness (QED) is 0.0200. The number of hydrogen-bond acceptors (Lipinski definition) is 6. The van der Waals surface area contributed by atoms with Gasteiger partial charge < -0.3 is 14.2 Å². The zero-order valence-electron chi connectivity index (χ0n) is 39.3. The maximum atomic E-state index is 12.8. The molecule has 344 valence electrons. The number of carbonyl (C=O) groups is 3. The third-order valence-corrected chi connectivity index (χ3v) is 11.1. The Morgan fingerprint density at radius 3 is 1.00 bits per heavy atom. The molecule has 0 aromatic carbocycles. The number of ether oxygens (including phenoxy) is 3. The van der Waals surface area contributed by atoms with Crippen LogP contribution in [0.3, 0.4) is 0 Å². The number of rotatable bonds is 46. The highest BCUT2D eigenvalue weighted by atomic mass is 16.6. The molecule has 0 saturated carbocycles. The Balaban J connectivity index is 4.39. The van der Waals surface area contributed by atoms with Gasteiger partial charge in [0, 0.05) is 19.3 Å². The average molecular weight is 829 g/mol. The van der Waals surface area contributed by atoms with Crippen molar-refractivity contribution in [2.75, 3.05) is 13.2 Å². The number of unbranched alkanes of at least 4 members (excludes halogenated alkanes) is 30. The molecule has 6 nitrogen and oxygen atoms in total. The van der Waals surface area contributed by atoms with Gasteiger partial charge in [0.2, 0.25) is 0 Å². The minimum atomic E-state index is -0.780. The summed E-state index contributed by atoms with van der Waals surface area (Å²) in [5.74, 6) is -0.899. The van der Waals surface area contributed by atoms with Crippen LogP contribution in [0.4, 0.5) is 0 Å². The Morgan fingerprint density at radius 2 is 0.610 bits per heavy atom. The van der Waals surface area contributed by atoms with Crippen LogP contribution in [0.2, 0.25) is 0 Å². The van der Waals surface area contributed by atoms with E-state index in [-0.39, 0.29) is 31.1 Å². The minimum absolute atomic E-state index is 0.0792. The van der Waals surface area contributed by atoms with Gasteiger partial charge in [-0.25, -0.2) is 0 Å². The molecule has 0 saturated heterocycles. The van der Waals surface area contributed by atoms with Crippen molar-refractivity contribution in [1.82, 2.24) is 0 Å². The molecule has 0 aromatic heterocycles. The van der Waals surface area contributed by atoms with Gasteiger partial charge in [-0.05, 0) is 70.6 Å². The normalized spacial score (nSPS) is 12.3. The van der Waals surface area contributed by atoms with Crippen LogP contribution in [0.5, 0.6) is 0 Å². The highest BCUT2D eigenvalue weighted by Gasteiger charge is 2.19. The molecule has 0 aromatic rings. The van der Waals surface area contributed by atoms with Gasteiger partial charge in [0.25, 0.3) is 0 Å². The molecule has 6 heteroatoms. The molecule has 1 atom stereocenters. The van der Waals surface area contributed by atoms with E-state index in [1.807, 2.05) is 0 Å². The third-order valence-electron chi connectivity index (χ3n) is 11.1. The maximum absolute atomic E-state index is 12.8. The predicted octanol–water partition coefficient (Wildman–Crippen LogP) is 16.5. The van der Waals surface area contributed by atoms with Crippen LogP contribution >= 0.6 is 0 Å². The molecule has 0 spiro atoms. The topological polar surface area (TPSA) is 78.9 Å². The van der Waals surface area contributed by atoms with E-state index in [0.717, 1.165) is 77.0 Å². The van der Waals surface area contributed by atoms with Gasteiger partial charge in [-0.15, -0.1) is 0 Å². The summed E-state index contributed by atoms with van der Waals surface area (Å²) < 4.78 is 16.8. The van der Waals surface area contributed by atoms with E-state index >= 15 is 0 Å². The maximum Gasteiger partial charge on any atom is 0.306 e. The van der Waals surface area contributed by atoms with Crippen molar-refractivity contribution in [1.29, 1.82) is 0 Å². The molecule has 59 heavy (non-hydrogen) atoms. The number of hydrogen-bond donors (Lipinski definition) is 0. The van der Waals surface area contributed by atoms with Crippen molar-refractivity contribution in [3.8, 4) is 0 Å². The van der Waals surface area contributed by atoms with Crippen molar-refractivity contribution in [2.45, 2.75) is 271 Å². The molecule has 0 bridgehead atoms. The van der Waals surface area contributed by atoms with Crippen LogP contribution in [0.15, 0.2) is 36.5 Å². The summed E-state index contributed by atoms with van der Waals surface area (Å²) in [7, 11) is 0. The highest BCUT2D eigenvalue weighted by molar-refractivity contribution is 5.71. The molecule has 0 aliphatic carbocycles. The third kappa shape index (κ3) is 46.5. The van der Waals surface area contributed by atoms with Crippen molar-refractivity contribution in [3.05, 3.63) is 36.5 Å². The molecule has 0 radical (unpaired) electrons. The summed E-state index contributed by atoms with van der Waals surface area (Å²) >= 11 is 0. The SMILES string of the molecule is CCCCC/C=C\C=C/CCCCCCCCC(=O)OCC(COC(=O)CCCCCCCCCCCCCCC)OC(=O)CCCCC/C=C\CCCCCCCC. The first-order chi connectivity index (χ1) is 29.0. The van der Waals surface area contributed by atoms with Gasteiger partial charge in [0.15, 0.2) is 6.10 Å². The fourth-order valence-electron chi connectivity index (χ4n) is 7.25. The number of esters is 3. The molecule has 0 amide bonds. The summed E-state index contributed by atoms with van der Waals surface area (Å²) in [6.07, 6.45) is 55.5. The lowest BCUT2D eigenvalue weighted by atomic mass is 10.0. The lowest BCUT2D eigenvalue weighted by Crippen LogP contribution is -2.30. The lowest BCUT2D eigenvalue weighted by Gasteiger charge is -2.18. The first-order valence-corrected chi connectivity index (χ1v) is 25.5. The van der Waals surface area contributed by atoms with E-state index in [9.17, 15) is 14.4 Å². The molecule has 0 N–H and O–H groups in total. The lowest BCUT2D eigenvalue weighted by molar-refractivity contribution is -0.167. The van der Waals surface area contributed by atoms with E-state index in [1.165, 1.54) is 148 Å². The Morgan fingerprint density at radius 1 is 0.339 bits per heavy atom. The average Bonchev–Trinajstić information content (AvgIpc) is 3.23. The first-order valence-electron chi connectivity index (χ1n) is 25.5. The number of carbonyl (C=O) groups excluding carboxylic acids is 3. The summed E-state index contributed by atoms with van der Waals surface area (Å²) in [6, 6.07) is 0. The molecule has 1 unspecified atom stereocenters. The summed E-state index contributed by atoms with van der Waals surface area (Å²) in [4.78, 5) is 37.9. The second-order valence-corrected chi connectivity index (χ2v) is 17.1. The Bertz CT molecular complexity index is 1000. The standard InChI is InChI=1S/C53H96O6/c1-4-7-10-13-16-19-22-25-26-29-31-34-37-40-43-46-52(55)58-49-50(59-53(56)47-44-41-38-35-32-28-24-21-18-15-12-9-6-3)48-57-51(54)45-42-39-36-33-30-27-23-20-17-14-11-8-5-2/h16,19,22,25,28,32,50H,4-15,17-18,20-21,23-24,26-27,29-31,33-49H2,1-3H3/b19-16-,25-22-,32-28-. The van der Waals surface area contributed by atoms with Gasteiger partial charge in [-0.3, -0.25) is 14.4 Å². The molecule has 0 aliphatic heterocycles. The molecule has 0 heterocycles. The second-order valence-electron chi connectivity index (χ2n) is 17.1. The minimum Gasteiger partial charge on any atom is -0.462 e. The van der Waals surface area contributed by atoms with E-state index in [1.54, 1.807) is 0 Å². The van der Waals surface area contributed by atoms with E-state index in [2.05, 4.69) is 57.2 Å². The van der Waals surface area contributed by atoms with E-state index in [0.29, 0.717) is 19.3 Å². The zero-order valence-corrected chi connectivity index (χ0v) is 39.3. The monoisotopic (exact) mass is 829 g/mol. The van der Waals surface area contributed by atoms with Crippen molar-refractivity contribution in [3.63, 3.8) is 0 Å². The fraction of sp³-hybridized carbons (Fsp3) is 0.830. The van der Waals surface area contributed by atoms with E-state index in [4.69, 9.17) is 14.2 Å². The second kappa shape index (κ2) is 48.3. The van der Waals surface area contributed by atoms with Gasteiger partial charge in [-0.1, -0.05) is 211 Å².